The molecule has 6 rings (SSSR count). The van der Waals surface area contributed by atoms with Crippen LogP contribution in [0.2, 0.25) is 0 Å². The zero-order chi connectivity index (χ0) is 23.3. The second-order valence-electron chi connectivity index (χ2n) is 10.9. The molecule has 5 fully saturated rings. The number of anilines is 1. The SMILES string of the molecule is CC(C=N)C(N)=NC1C2CC(O)C3CC(C2)C(c2ccc(CN4CCCC4=O)cc2N)C1C3. The van der Waals surface area contributed by atoms with E-state index in [4.69, 9.17) is 21.9 Å². The first kappa shape index (κ1) is 22.4. The van der Waals surface area contributed by atoms with Crippen molar-refractivity contribution in [2.24, 2.45) is 40.3 Å². The topological polar surface area (TPSA) is 129 Å². The first-order valence-corrected chi connectivity index (χ1v) is 12.5. The molecule has 7 heteroatoms. The van der Waals surface area contributed by atoms with Crippen LogP contribution in [0.4, 0.5) is 5.69 Å². The number of nitrogens with one attached hydrogen (secondary N) is 1. The van der Waals surface area contributed by atoms with Crippen molar-refractivity contribution in [3.63, 3.8) is 0 Å². The zero-order valence-corrected chi connectivity index (χ0v) is 19.5. The normalized spacial score (nSPS) is 36.8. The van der Waals surface area contributed by atoms with E-state index in [0.29, 0.717) is 48.4 Å². The largest absolute Gasteiger partial charge is 0.398 e. The smallest absolute Gasteiger partial charge is 0.222 e. The molecule has 6 N–H and O–H groups in total. The molecule has 5 aliphatic rings. The summed E-state index contributed by atoms with van der Waals surface area (Å²) < 4.78 is 0. The summed E-state index contributed by atoms with van der Waals surface area (Å²) in [6, 6.07) is 6.43. The number of nitrogen functional groups attached to an aromatic ring is 1. The lowest BCUT2D eigenvalue weighted by atomic mass is 9.57. The van der Waals surface area contributed by atoms with E-state index in [2.05, 4.69) is 18.2 Å². The molecule has 1 aliphatic heterocycles. The number of nitrogens with two attached hydrogens (primary N) is 2. The molecule has 178 valence electrons. The third-order valence-electron chi connectivity index (χ3n) is 8.83. The molecule has 33 heavy (non-hydrogen) atoms. The van der Waals surface area contributed by atoms with Gasteiger partial charge in [-0.2, -0.15) is 0 Å². The summed E-state index contributed by atoms with van der Waals surface area (Å²) in [7, 11) is 0. The molecule has 8 atom stereocenters. The number of aliphatic hydroxyl groups is 1. The Morgan fingerprint density at radius 3 is 2.76 bits per heavy atom. The van der Waals surface area contributed by atoms with Crippen LogP contribution in [-0.4, -0.2) is 46.7 Å². The van der Waals surface area contributed by atoms with E-state index in [0.717, 1.165) is 49.9 Å². The van der Waals surface area contributed by atoms with Crippen LogP contribution in [0.1, 0.15) is 62.5 Å². The summed E-state index contributed by atoms with van der Waals surface area (Å²) in [5.74, 6) is 2.33. The Morgan fingerprint density at radius 2 is 2.06 bits per heavy atom. The average molecular weight is 452 g/mol. The lowest BCUT2D eigenvalue weighted by molar-refractivity contribution is -0.128. The third-order valence-corrected chi connectivity index (χ3v) is 8.83. The van der Waals surface area contributed by atoms with Crippen molar-refractivity contribution in [3.8, 4) is 0 Å². The van der Waals surface area contributed by atoms with Crippen LogP contribution >= 0.6 is 0 Å². The monoisotopic (exact) mass is 451 g/mol. The maximum Gasteiger partial charge on any atom is 0.222 e. The predicted molar refractivity (Wildman–Crippen MR) is 130 cm³/mol. The van der Waals surface area contributed by atoms with E-state index < -0.39 is 0 Å². The fraction of sp³-hybridized carbons (Fsp3) is 0.654. The number of amides is 1. The molecule has 0 radical (unpaired) electrons. The zero-order valence-electron chi connectivity index (χ0n) is 19.5. The van der Waals surface area contributed by atoms with Gasteiger partial charge in [0.05, 0.1) is 12.1 Å². The summed E-state index contributed by atoms with van der Waals surface area (Å²) in [6.45, 7) is 3.36. The van der Waals surface area contributed by atoms with Gasteiger partial charge in [-0.1, -0.05) is 19.1 Å². The molecule has 1 amide bonds. The molecule has 4 aliphatic carbocycles. The van der Waals surface area contributed by atoms with E-state index in [1.165, 1.54) is 11.8 Å². The van der Waals surface area contributed by atoms with Crippen LogP contribution in [-0.2, 0) is 11.3 Å². The number of carbonyl (C=O) groups excluding carboxylic acids is 1. The highest BCUT2D eigenvalue weighted by molar-refractivity contribution is 5.94. The van der Waals surface area contributed by atoms with Crippen molar-refractivity contribution in [2.45, 2.75) is 70.1 Å². The van der Waals surface area contributed by atoms with Gasteiger partial charge in [0.25, 0.3) is 0 Å². The Balaban J connectivity index is 1.45. The number of rotatable bonds is 6. The fourth-order valence-electron chi connectivity index (χ4n) is 7.18. The van der Waals surface area contributed by atoms with Gasteiger partial charge in [-0.15, -0.1) is 0 Å². The number of aliphatic hydroxyl groups excluding tert-OH is 1. The molecule has 1 heterocycles. The number of aliphatic imine (C=N–C) groups is 1. The summed E-state index contributed by atoms with van der Waals surface area (Å²) >= 11 is 0. The van der Waals surface area contributed by atoms with Crippen molar-refractivity contribution < 1.29 is 9.90 Å². The number of amidine groups is 1. The van der Waals surface area contributed by atoms with Crippen molar-refractivity contribution >= 4 is 23.6 Å². The van der Waals surface area contributed by atoms with E-state index in [1.54, 1.807) is 0 Å². The van der Waals surface area contributed by atoms with Gasteiger partial charge in [-0.25, -0.2) is 0 Å². The van der Waals surface area contributed by atoms with Gasteiger partial charge in [0.15, 0.2) is 0 Å². The second-order valence-corrected chi connectivity index (χ2v) is 10.9. The molecule has 8 unspecified atom stereocenters. The number of nitrogens with zero attached hydrogens (tertiary/aromatic N) is 2. The van der Waals surface area contributed by atoms with E-state index in [1.807, 2.05) is 11.8 Å². The predicted octanol–water partition coefficient (Wildman–Crippen LogP) is 2.91. The molecule has 4 saturated carbocycles. The van der Waals surface area contributed by atoms with Crippen LogP contribution in [0.5, 0.6) is 0 Å². The summed E-state index contributed by atoms with van der Waals surface area (Å²) in [5, 5.41) is 18.4. The van der Waals surface area contributed by atoms with Crippen molar-refractivity contribution in [1.82, 2.24) is 4.90 Å². The molecule has 0 spiro atoms. The Labute approximate surface area is 196 Å². The number of benzene rings is 1. The number of hydrogen-bond acceptors (Lipinski definition) is 5. The first-order valence-electron chi connectivity index (χ1n) is 12.5. The highest BCUT2D eigenvalue weighted by atomic mass is 16.3. The van der Waals surface area contributed by atoms with Crippen LogP contribution in [0.3, 0.4) is 0 Å². The molecular weight excluding hydrogens is 414 g/mol. The fourth-order valence-corrected chi connectivity index (χ4v) is 7.18. The Kier molecular flexibility index (Phi) is 5.93. The molecular formula is C26H37N5O2. The molecule has 1 saturated heterocycles. The Morgan fingerprint density at radius 1 is 1.27 bits per heavy atom. The highest BCUT2D eigenvalue weighted by Crippen LogP contribution is 2.59. The van der Waals surface area contributed by atoms with Gasteiger partial charge < -0.3 is 26.9 Å². The average Bonchev–Trinajstić information content (AvgIpc) is 3.10. The molecule has 1 aromatic carbocycles. The van der Waals surface area contributed by atoms with Gasteiger partial charge in [0, 0.05) is 37.3 Å². The van der Waals surface area contributed by atoms with E-state index in [-0.39, 0.29) is 24.0 Å². The number of carbonyl (C=O) groups is 1. The molecule has 0 aromatic heterocycles. The standard InChI is InChI=1S/C26H37N5O2/c1-14(12-27)26(29)30-25-18-9-17-8-16(22(32)11-18)10-20(25)24(17)19-5-4-15(7-21(19)28)13-31-6-2-3-23(31)33/h4-5,7,12,14,16-18,20,22,24-25,27,32H,2-3,6,8-11,13,28H2,1H3,(H2,29,30). The van der Waals surface area contributed by atoms with Crippen LogP contribution in [0.25, 0.3) is 0 Å². The number of hydrogen-bond donors (Lipinski definition) is 4. The maximum absolute atomic E-state index is 12.0. The minimum atomic E-state index is -0.261. The number of likely N-dealkylation sites (tertiary alicyclic amines) is 1. The Bertz CT molecular complexity index is 962. The van der Waals surface area contributed by atoms with Gasteiger partial charge >= 0.3 is 0 Å². The van der Waals surface area contributed by atoms with Gasteiger partial charge in [0.2, 0.25) is 5.91 Å². The lowest BCUT2D eigenvalue weighted by Gasteiger charge is -2.49. The maximum atomic E-state index is 12.0. The highest BCUT2D eigenvalue weighted by Gasteiger charge is 2.54. The van der Waals surface area contributed by atoms with Gasteiger partial charge in [-0.05, 0) is 78.9 Å². The van der Waals surface area contributed by atoms with Crippen LogP contribution < -0.4 is 11.5 Å². The molecule has 7 nitrogen and oxygen atoms in total. The van der Waals surface area contributed by atoms with Crippen LogP contribution in [0, 0.1) is 35.0 Å². The minimum absolute atomic E-state index is 0.0647. The van der Waals surface area contributed by atoms with E-state index >= 15 is 0 Å². The van der Waals surface area contributed by atoms with Crippen molar-refractivity contribution in [2.75, 3.05) is 12.3 Å². The van der Waals surface area contributed by atoms with Crippen molar-refractivity contribution in [3.05, 3.63) is 29.3 Å². The number of fused-ring (bicyclic) bond motifs is 1. The lowest BCUT2D eigenvalue weighted by Crippen LogP contribution is -2.45. The summed E-state index contributed by atoms with van der Waals surface area (Å²) in [5.41, 5.74) is 16.0. The molecule has 1 aromatic rings. The summed E-state index contributed by atoms with van der Waals surface area (Å²) in [4.78, 5) is 18.9. The summed E-state index contributed by atoms with van der Waals surface area (Å²) in [6.07, 6.45) is 6.50. The third kappa shape index (κ3) is 4.05. The first-order chi connectivity index (χ1) is 15.9. The van der Waals surface area contributed by atoms with Gasteiger partial charge in [0.1, 0.15) is 5.84 Å². The van der Waals surface area contributed by atoms with Gasteiger partial charge in [-0.3, -0.25) is 9.79 Å². The molecule has 4 bridgehead atoms. The second kappa shape index (κ2) is 8.75. The quantitative estimate of drug-likeness (QED) is 0.301. The van der Waals surface area contributed by atoms with Crippen molar-refractivity contribution in [1.29, 1.82) is 5.41 Å². The van der Waals surface area contributed by atoms with Crippen LogP contribution in [0.15, 0.2) is 23.2 Å². The van der Waals surface area contributed by atoms with E-state index in [9.17, 15) is 9.90 Å². The minimum Gasteiger partial charge on any atom is -0.398 e. The Hall–Kier alpha value is -2.41.